The predicted molar refractivity (Wildman–Crippen MR) is 138 cm³/mol. The van der Waals surface area contributed by atoms with E-state index in [1.807, 2.05) is 68.7 Å². The van der Waals surface area contributed by atoms with Gasteiger partial charge in [-0.15, -0.1) is 0 Å². The van der Waals surface area contributed by atoms with Crippen molar-refractivity contribution in [1.29, 1.82) is 5.41 Å². The van der Waals surface area contributed by atoms with E-state index < -0.39 is 11.7 Å². The second-order valence-corrected chi connectivity index (χ2v) is 9.52. The van der Waals surface area contributed by atoms with Crippen molar-refractivity contribution in [3.8, 4) is 5.75 Å². The van der Waals surface area contributed by atoms with Crippen LogP contribution in [0.25, 0.3) is 10.8 Å². The van der Waals surface area contributed by atoms with Crippen LogP contribution >= 0.6 is 0 Å². The number of carbonyl (C=O) groups excluding carboxylic acids is 1. The zero-order valence-electron chi connectivity index (χ0n) is 20.7. The smallest absolute Gasteiger partial charge is 0.410 e. The summed E-state index contributed by atoms with van der Waals surface area (Å²) in [5.41, 5.74) is 3.45. The van der Waals surface area contributed by atoms with Gasteiger partial charge in [0.15, 0.2) is 0 Å². The zero-order chi connectivity index (χ0) is 25.3. The van der Waals surface area contributed by atoms with Crippen molar-refractivity contribution in [2.45, 2.75) is 52.2 Å². The Labute approximate surface area is 207 Å². The van der Waals surface area contributed by atoms with E-state index in [9.17, 15) is 4.79 Å². The van der Waals surface area contributed by atoms with Gasteiger partial charge in [0.05, 0.1) is 6.61 Å². The van der Waals surface area contributed by atoms with Crippen LogP contribution in [-0.4, -0.2) is 40.8 Å². The Morgan fingerprint density at radius 2 is 1.71 bits per heavy atom. The summed E-state index contributed by atoms with van der Waals surface area (Å²) < 4.78 is 11.5. The summed E-state index contributed by atoms with van der Waals surface area (Å²) in [4.78, 5) is 14.3. The molecule has 186 valence electrons. The van der Waals surface area contributed by atoms with Gasteiger partial charge in [-0.25, -0.2) is 4.79 Å². The summed E-state index contributed by atoms with van der Waals surface area (Å²) in [7, 11) is 0. The van der Waals surface area contributed by atoms with Crippen LogP contribution < -0.4 is 10.2 Å². The molecule has 0 aromatic heterocycles. The van der Waals surface area contributed by atoms with Gasteiger partial charge in [-0.2, -0.15) is 0 Å². The number of benzene rings is 3. The normalized spacial score (nSPS) is 11.2. The molecule has 0 aliphatic carbocycles. The minimum absolute atomic E-state index is 0.0617. The molecular formula is C28H35N3O4. The summed E-state index contributed by atoms with van der Waals surface area (Å²) in [6, 6.07) is 22.5. The number of carbonyl (C=O) groups is 1. The molecule has 0 radical (unpaired) electrons. The lowest BCUT2D eigenvalue weighted by Gasteiger charge is -2.27. The molecule has 1 amide bonds. The third-order valence-electron chi connectivity index (χ3n) is 5.39. The maximum absolute atomic E-state index is 12.7. The number of ether oxygens (including phenoxy) is 2. The van der Waals surface area contributed by atoms with Gasteiger partial charge in [0.2, 0.25) is 0 Å². The van der Waals surface area contributed by atoms with Crippen molar-refractivity contribution in [2.24, 2.45) is 0 Å². The number of fused-ring (bicyclic) bond motifs is 1. The van der Waals surface area contributed by atoms with Gasteiger partial charge >= 0.3 is 6.09 Å². The summed E-state index contributed by atoms with van der Waals surface area (Å²) in [5.74, 6) is 0.775. The number of hydroxylamine groups is 1. The summed E-state index contributed by atoms with van der Waals surface area (Å²) >= 11 is 0. The standard InChI is InChI=1S/C28H35N3O4/c1-28(2,3)35-27(32)31(16-15-26(29)30-33)20-22-11-12-24-19-25(14-13-23(24)18-22)34-17-7-10-21-8-5-4-6-9-21/h4-6,8-9,11-14,18-19,33H,7,10,15-17,20H2,1-3H3,(H2,29,30). The monoisotopic (exact) mass is 477 g/mol. The van der Waals surface area contributed by atoms with Crippen LogP contribution in [0.5, 0.6) is 5.75 Å². The Morgan fingerprint density at radius 1 is 1.00 bits per heavy atom. The van der Waals surface area contributed by atoms with E-state index in [-0.39, 0.29) is 18.8 Å². The van der Waals surface area contributed by atoms with Crippen LogP contribution in [0.2, 0.25) is 0 Å². The Kier molecular flexibility index (Phi) is 9.09. The van der Waals surface area contributed by atoms with Gasteiger partial charge in [0.25, 0.3) is 0 Å². The lowest BCUT2D eigenvalue weighted by Crippen LogP contribution is -2.38. The maximum Gasteiger partial charge on any atom is 0.410 e. The third-order valence-corrected chi connectivity index (χ3v) is 5.39. The fourth-order valence-corrected chi connectivity index (χ4v) is 3.66. The van der Waals surface area contributed by atoms with Crippen molar-refractivity contribution in [3.05, 3.63) is 77.9 Å². The fraction of sp³-hybridized carbons (Fsp3) is 0.357. The largest absolute Gasteiger partial charge is 0.494 e. The molecule has 7 heteroatoms. The first-order valence-corrected chi connectivity index (χ1v) is 11.9. The van der Waals surface area contributed by atoms with Gasteiger partial charge in [-0.1, -0.05) is 48.5 Å². The van der Waals surface area contributed by atoms with Gasteiger partial charge in [-0.05, 0) is 73.7 Å². The first-order chi connectivity index (χ1) is 16.7. The van der Waals surface area contributed by atoms with Crippen LogP contribution in [-0.2, 0) is 17.7 Å². The van der Waals surface area contributed by atoms with Crippen molar-refractivity contribution in [1.82, 2.24) is 10.4 Å². The highest BCUT2D eigenvalue weighted by Crippen LogP contribution is 2.23. The summed E-state index contributed by atoms with van der Waals surface area (Å²) in [6.07, 6.45) is 1.67. The van der Waals surface area contributed by atoms with Gasteiger partial charge in [-0.3, -0.25) is 16.1 Å². The Morgan fingerprint density at radius 3 is 2.43 bits per heavy atom. The van der Waals surface area contributed by atoms with E-state index in [0.717, 1.165) is 34.9 Å². The fourth-order valence-electron chi connectivity index (χ4n) is 3.66. The number of nitrogens with zero attached hydrogens (tertiary/aromatic N) is 1. The number of rotatable bonds is 10. The van der Waals surface area contributed by atoms with Crippen LogP contribution in [0.1, 0.15) is 44.7 Å². The van der Waals surface area contributed by atoms with Crippen molar-refractivity contribution in [3.63, 3.8) is 0 Å². The molecule has 0 spiro atoms. The number of amides is 1. The van der Waals surface area contributed by atoms with Gasteiger partial charge < -0.3 is 14.4 Å². The Balaban J connectivity index is 1.63. The Hall–Kier alpha value is -3.58. The number of hydrogen-bond donors (Lipinski definition) is 3. The van der Waals surface area contributed by atoms with Crippen LogP contribution in [0, 0.1) is 5.41 Å². The first-order valence-electron chi connectivity index (χ1n) is 11.9. The van der Waals surface area contributed by atoms with Crippen molar-refractivity contribution in [2.75, 3.05) is 13.2 Å². The zero-order valence-corrected chi connectivity index (χ0v) is 20.7. The highest BCUT2D eigenvalue weighted by Gasteiger charge is 2.22. The molecule has 0 bridgehead atoms. The molecule has 0 atom stereocenters. The van der Waals surface area contributed by atoms with E-state index in [1.54, 1.807) is 4.90 Å². The molecule has 0 fully saturated rings. The van der Waals surface area contributed by atoms with Gasteiger partial charge in [0.1, 0.15) is 17.2 Å². The molecule has 3 N–H and O–H groups in total. The molecule has 0 aliphatic rings. The highest BCUT2D eigenvalue weighted by atomic mass is 16.6. The molecule has 0 aliphatic heterocycles. The average molecular weight is 478 g/mol. The number of nitrogens with one attached hydrogen (secondary N) is 2. The summed E-state index contributed by atoms with van der Waals surface area (Å²) in [5, 5.41) is 18.6. The quantitative estimate of drug-likeness (QED) is 0.145. The van der Waals surface area contributed by atoms with Crippen LogP contribution in [0.3, 0.4) is 0 Å². The van der Waals surface area contributed by atoms with Crippen LogP contribution in [0.15, 0.2) is 66.7 Å². The van der Waals surface area contributed by atoms with E-state index in [4.69, 9.17) is 20.1 Å². The highest BCUT2D eigenvalue weighted by molar-refractivity contribution is 5.84. The van der Waals surface area contributed by atoms with Crippen molar-refractivity contribution < 1.29 is 19.5 Å². The SMILES string of the molecule is CC(C)(C)OC(=O)N(CCC(=N)NO)Cc1ccc2cc(OCCCc3ccccc3)ccc2c1. The summed E-state index contributed by atoms with van der Waals surface area (Å²) in [6.45, 7) is 6.69. The van der Waals surface area contributed by atoms with E-state index in [0.29, 0.717) is 13.2 Å². The van der Waals surface area contributed by atoms with Crippen LogP contribution in [0.4, 0.5) is 4.79 Å². The molecule has 35 heavy (non-hydrogen) atoms. The van der Waals surface area contributed by atoms with E-state index >= 15 is 0 Å². The molecular weight excluding hydrogens is 442 g/mol. The molecule has 3 aromatic rings. The third kappa shape index (κ3) is 8.61. The Bertz CT molecular complexity index is 1130. The van der Waals surface area contributed by atoms with E-state index in [1.165, 1.54) is 5.56 Å². The molecule has 0 saturated heterocycles. The van der Waals surface area contributed by atoms with Gasteiger partial charge in [0, 0.05) is 19.5 Å². The maximum atomic E-state index is 12.7. The predicted octanol–water partition coefficient (Wildman–Crippen LogP) is 5.93. The molecule has 3 rings (SSSR count). The topological polar surface area (TPSA) is 94.9 Å². The minimum atomic E-state index is -0.626. The number of aryl methyl sites for hydroxylation is 1. The molecule has 3 aromatic carbocycles. The molecule has 0 unspecified atom stereocenters. The number of amidine groups is 1. The molecule has 0 heterocycles. The second kappa shape index (κ2) is 12.2. The van der Waals surface area contributed by atoms with Crippen molar-refractivity contribution >= 4 is 22.7 Å². The average Bonchev–Trinajstić information content (AvgIpc) is 2.83. The lowest BCUT2D eigenvalue weighted by atomic mass is 10.1. The molecule has 7 nitrogen and oxygen atoms in total. The first kappa shape index (κ1) is 26.0. The number of hydrogen-bond acceptors (Lipinski definition) is 5. The minimum Gasteiger partial charge on any atom is -0.494 e. The van der Waals surface area contributed by atoms with E-state index in [2.05, 4.69) is 24.3 Å². The lowest BCUT2D eigenvalue weighted by molar-refractivity contribution is 0.0237. The second-order valence-electron chi connectivity index (χ2n) is 9.52. The molecule has 0 saturated carbocycles.